The Hall–Kier alpha value is -4.34. The van der Waals surface area contributed by atoms with Gasteiger partial charge in [0.05, 0.1) is 17.1 Å². The summed E-state index contributed by atoms with van der Waals surface area (Å²) in [5, 5.41) is 26.1. The van der Waals surface area contributed by atoms with E-state index in [1.165, 1.54) is 29.3 Å². The average Bonchev–Trinajstić information content (AvgIpc) is 3.36. The number of anilines is 3. The highest BCUT2D eigenvalue weighted by Crippen LogP contribution is 2.39. The van der Waals surface area contributed by atoms with Crippen LogP contribution in [-0.4, -0.2) is 34.6 Å². The molecule has 0 spiro atoms. The molecule has 9 heteroatoms. The van der Waals surface area contributed by atoms with Crippen LogP contribution >= 0.6 is 0 Å². The highest BCUT2D eigenvalue weighted by molar-refractivity contribution is 6.53. The van der Waals surface area contributed by atoms with E-state index in [0.29, 0.717) is 11.3 Å². The van der Waals surface area contributed by atoms with Crippen molar-refractivity contribution < 1.29 is 19.6 Å². The molecule has 9 nitrogen and oxygen atoms in total. The van der Waals surface area contributed by atoms with Gasteiger partial charge in [0.1, 0.15) is 17.7 Å². The molecule has 5 rings (SSSR count). The Balaban J connectivity index is 1.60. The zero-order chi connectivity index (χ0) is 24.0. The second kappa shape index (κ2) is 8.22. The molecule has 0 saturated carbocycles. The predicted molar refractivity (Wildman–Crippen MR) is 126 cm³/mol. The van der Waals surface area contributed by atoms with Gasteiger partial charge in [-0.2, -0.15) is 5.10 Å². The van der Waals surface area contributed by atoms with Crippen LogP contribution in [0, 0.1) is 18.0 Å². The molecule has 0 aliphatic carbocycles. The number of hydrazone groups is 1. The third-order valence-electron chi connectivity index (χ3n) is 5.93. The highest BCUT2D eigenvalue weighted by Gasteiger charge is 2.58. The van der Waals surface area contributed by atoms with Crippen molar-refractivity contribution in [2.45, 2.75) is 13.0 Å². The van der Waals surface area contributed by atoms with Crippen LogP contribution in [0.3, 0.4) is 0 Å². The van der Waals surface area contributed by atoms with Gasteiger partial charge in [0.25, 0.3) is 5.91 Å². The Morgan fingerprint density at radius 3 is 2.29 bits per heavy atom. The average molecular weight is 455 g/mol. The molecule has 2 aliphatic heterocycles. The summed E-state index contributed by atoms with van der Waals surface area (Å²) in [7, 11) is 0. The summed E-state index contributed by atoms with van der Waals surface area (Å²) in [6.45, 7) is 1.90. The first kappa shape index (κ1) is 21.5. The molecule has 0 bridgehead atoms. The van der Waals surface area contributed by atoms with E-state index in [2.05, 4.69) is 5.10 Å². The minimum Gasteiger partial charge on any atom is -0.733 e. The molecule has 2 aliphatic rings. The van der Waals surface area contributed by atoms with E-state index in [-0.39, 0.29) is 22.3 Å². The lowest BCUT2D eigenvalue weighted by atomic mass is 9.92. The van der Waals surface area contributed by atoms with Gasteiger partial charge in [0.15, 0.2) is 0 Å². The number of rotatable bonds is 5. The van der Waals surface area contributed by atoms with E-state index in [0.717, 1.165) is 10.5 Å². The fraction of sp³-hybridized carbons (Fsp3) is 0.120. The Bertz CT molecular complexity index is 1320. The third-order valence-corrected chi connectivity index (χ3v) is 5.93. The number of imide groups is 1. The number of carbonyl (C=O) groups is 3. The van der Waals surface area contributed by atoms with Crippen molar-refractivity contribution in [1.82, 2.24) is 0 Å². The number of hydrogen-bond acceptors (Lipinski definition) is 8. The van der Waals surface area contributed by atoms with Crippen molar-refractivity contribution in [1.29, 1.82) is 0 Å². The summed E-state index contributed by atoms with van der Waals surface area (Å²) in [4.78, 5) is 41.4. The first-order valence-corrected chi connectivity index (χ1v) is 10.5. The summed E-state index contributed by atoms with van der Waals surface area (Å²) in [6, 6.07) is 20.2. The molecule has 2 atom stereocenters. The van der Waals surface area contributed by atoms with Crippen LogP contribution in [-0.2, 0) is 9.59 Å². The number of fused-ring (bicyclic) bond motifs is 1. The second-order valence-electron chi connectivity index (χ2n) is 8.09. The van der Waals surface area contributed by atoms with E-state index in [1.54, 1.807) is 48.5 Å². The summed E-state index contributed by atoms with van der Waals surface area (Å²) in [5.74, 6) is -2.77. The van der Waals surface area contributed by atoms with Gasteiger partial charge in [-0.1, -0.05) is 54.1 Å². The molecule has 34 heavy (non-hydrogen) atoms. The molecule has 0 unspecified atom stereocenters. The number of amides is 2. The maximum atomic E-state index is 13.5. The monoisotopic (exact) mass is 455 g/mol. The minimum atomic E-state index is -1.12. The summed E-state index contributed by atoms with van der Waals surface area (Å²) >= 11 is 0. The van der Waals surface area contributed by atoms with Crippen LogP contribution in [0.5, 0.6) is 0 Å². The Labute approximate surface area is 194 Å². The fourth-order valence-corrected chi connectivity index (χ4v) is 4.25. The molecule has 1 saturated heterocycles. The predicted octanol–water partition coefficient (Wildman–Crippen LogP) is 3.31. The highest BCUT2D eigenvalue weighted by atomic mass is 16.8. The molecule has 2 heterocycles. The van der Waals surface area contributed by atoms with Crippen molar-refractivity contribution in [2.24, 2.45) is 11.0 Å². The molecule has 0 aromatic heterocycles. The van der Waals surface area contributed by atoms with Crippen molar-refractivity contribution in [3.63, 3.8) is 0 Å². The van der Waals surface area contributed by atoms with Gasteiger partial charge in [-0.15, -0.1) is 0 Å². The summed E-state index contributed by atoms with van der Waals surface area (Å²) < 4.78 is 0. The van der Waals surface area contributed by atoms with Gasteiger partial charge in [0, 0.05) is 5.56 Å². The van der Waals surface area contributed by atoms with Gasteiger partial charge in [0.2, 0.25) is 11.7 Å². The van der Waals surface area contributed by atoms with Crippen LogP contribution in [0.25, 0.3) is 0 Å². The maximum absolute atomic E-state index is 13.5. The molecular formula is C25H19N4O5-. The summed E-state index contributed by atoms with van der Waals surface area (Å²) in [5.41, 5.74) is 1.85. The second-order valence-corrected chi connectivity index (χ2v) is 8.09. The number of ketones is 1. The lowest BCUT2D eigenvalue weighted by molar-refractivity contribution is -0.121. The molecule has 3 aromatic rings. The number of benzene rings is 3. The number of Topliss-reactive ketones (excluding diaryl/α,β-unsaturated/α-hetero) is 1. The van der Waals surface area contributed by atoms with E-state index < -0.39 is 29.6 Å². The van der Waals surface area contributed by atoms with E-state index in [4.69, 9.17) is 0 Å². The Kier molecular flexibility index (Phi) is 5.20. The SMILES string of the molecule is Cc1ccc(C(=O)C2=NN(c3ccccc3)[C@@H]3C(=O)N(c4cccc(N([O-])O)c4)C(=O)[C@@H]23)cc1. The Morgan fingerprint density at radius 2 is 1.62 bits per heavy atom. The molecule has 0 radical (unpaired) electrons. The van der Waals surface area contributed by atoms with Crippen molar-refractivity contribution in [3.8, 4) is 0 Å². The first-order chi connectivity index (χ1) is 16.4. The largest absolute Gasteiger partial charge is 0.733 e. The number of aryl methyl sites for hydroxylation is 1. The topological polar surface area (TPSA) is 117 Å². The van der Waals surface area contributed by atoms with Crippen molar-refractivity contribution in [3.05, 3.63) is 95.2 Å². The van der Waals surface area contributed by atoms with Crippen molar-refractivity contribution in [2.75, 3.05) is 15.1 Å². The number of hydrogen-bond donors (Lipinski definition) is 1. The molecule has 170 valence electrons. The van der Waals surface area contributed by atoms with Gasteiger partial charge in [-0.3, -0.25) is 24.6 Å². The fourth-order valence-electron chi connectivity index (χ4n) is 4.25. The van der Waals surface area contributed by atoms with E-state index in [1.807, 2.05) is 13.0 Å². The zero-order valence-corrected chi connectivity index (χ0v) is 18.0. The molecule has 1 N–H and O–H groups in total. The third kappa shape index (κ3) is 3.43. The zero-order valence-electron chi connectivity index (χ0n) is 18.0. The standard InChI is InChI=1S/C25H19N4O5/c1-15-10-12-16(13-11-15)23(30)21-20-22(28(26-21)17-6-3-2-4-7-17)25(32)27(24(20)31)18-8-5-9-19(14-18)29(33)34/h2-14,20,22,33H,1H3/q-1/t20-,22-/m0/s1. The van der Waals surface area contributed by atoms with Crippen molar-refractivity contribution >= 4 is 40.4 Å². The summed E-state index contributed by atoms with van der Waals surface area (Å²) in [6.07, 6.45) is 0. The van der Waals surface area contributed by atoms with Gasteiger partial charge in [-0.05, 0) is 37.3 Å². The Morgan fingerprint density at radius 1 is 0.941 bits per heavy atom. The molecule has 3 aromatic carbocycles. The normalized spacial score (nSPS) is 19.3. The number of para-hydroxylation sites is 1. The van der Waals surface area contributed by atoms with Crippen LogP contribution in [0.4, 0.5) is 17.1 Å². The van der Waals surface area contributed by atoms with Crippen LogP contribution < -0.4 is 15.1 Å². The lowest BCUT2D eigenvalue weighted by Crippen LogP contribution is -2.39. The van der Waals surface area contributed by atoms with Gasteiger partial charge < -0.3 is 10.4 Å². The van der Waals surface area contributed by atoms with Gasteiger partial charge in [-0.25, -0.2) is 4.90 Å². The van der Waals surface area contributed by atoms with E-state index >= 15 is 0 Å². The minimum absolute atomic E-state index is 0.0256. The van der Waals surface area contributed by atoms with Crippen LogP contribution in [0.1, 0.15) is 15.9 Å². The van der Waals surface area contributed by atoms with Gasteiger partial charge >= 0.3 is 0 Å². The van der Waals surface area contributed by atoms with E-state index in [9.17, 15) is 24.8 Å². The molecule has 2 amide bonds. The molecule has 1 fully saturated rings. The maximum Gasteiger partial charge on any atom is 0.259 e. The first-order valence-electron chi connectivity index (χ1n) is 10.5. The van der Waals surface area contributed by atoms with Crippen LogP contribution in [0.2, 0.25) is 0 Å². The lowest BCUT2D eigenvalue weighted by Gasteiger charge is -2.24. The number of nitrogens with zero attached hydrogens (tertiary/aromatic N) is 4. The smallest absolute Gasteiger partial charge is 0.259 e. The number of carbonyl (C=O) groups excluding carboxylic acids is 3. The van der Waals surface area contributed by atoms with Crippen LogP contribution in [0.15, 0.2) is 84.0 Å². The molecular weight excluding hydrogens is 436 g/mol. The quantitative estimate of drug-likeness (QED) is 0.356.